The maximum Gasteiger partial charge on any atom is 0.274 e. The van der Waals surface area contributed by atoms with Crippen molar-refractivity contribution in [2.45, 2.75) is 25.3 Å². The molecule has 6 nitrogen and oxygen atoms in total. The SMILES string of the molecule is Cn1ncc2c1CCCC2NS(N)(=O)=O. The topological polar surface area (TPSA) is 90.0 Å². The fourth-order valence-corrected chi connectivity index (χ4v) is 2.67. The van der Waals surface area contributed by atoms with Gasteiger partial charge in [-0.05, 0) is 19.3 Å². The summed E-state index contributed by atoms with van der Waals surface area (Å²) in [6, 6.07) is -0.225. The number of nitrogens with one attached hydrogen (secondary N) is 1. The minimum atomic E-state index is -3.64. The van der Waals surface area contributed by atoms with Crippen molar-refractivity contribution < 1.29 is 8.42 Å². The van der Waals surface area contributed by atoms with Gasteiger partial charge in [-0.1, -0.05) is 0 Å². The van der Waals surface area contributed by atoms with Gasteiger partial charge < -0.3 is 0 Å². The Labute approximate surface area is 88.6 Å². The molecule has 1 aliphatic rings. The van der Waals surface area contributed by atoms with Gasteiger partial charge >= 0.3 is 0 Å². The van der Waals surface area contributed by atoms with Gasteiger partial charge in [0.25, 0.3) is 10.2 Å². The zero-order valence-electron chi connectivity index (χ0n) is 8.47. The highest BCUT2D eigenvalue weighted by molar-refractivity contribution is 7.87. The van der Waals surface area contributed by atoms with Crippen LogP contribution in [0.2, 0.25) is 0 Å². The van der Waals surface area contributed by atoms with Crippen LogP contribution in [0.4, 0.5) is 0 Å². The van der Waals surface area contributed by atoms with Gasteiger partial charge in [-0.3, -0.25) is 4.68 Å². The highest BCUT2D eigenvalue weighted by atomic mass is 32.2. The van der Waals surface area contributed by atoms with E-state index in [0.29, 0.717) is 0 Å². The molecule has 1 unspecified atom stereocenters. The molecule has 0 aromatic carbocycles. The fraction of sp³-hybridized carbons (Fsp3) is 0.625. The van der Waals surface area contributed by atoms with E-state index < -0.39 is 10.2 Å². The first kappa shape index (κ1) is 10.6. The Morgan fingerprint density at radius 3 is 3.07 bits per heavy atom. The average Bonchev–Trinajstić information content (AvgIpc) is 2.47. The van der Waals surface area contributed by atoms with Crippen LogP contribution in [0.25, 0.3) is 0 Å². The zero-order chi connectivity index (χ0) is 11.1. The quantitative estimate of drug-likeness (QED) is 0.723. The van der Waals surface area contributed by atoms with Gasteiger partial charge in [0.1, 0.15) is 0 Å². The molecule has 1 atom stereocenters. The number of aromatic nitrogens is 2. The Morgan fingerprint density at radius 1 is 1.67 bits per heavy atom. The van der Waals surface area contributed by atoms with Gasteiger partial charge in [0.15, 0.2) is 0 Å². The van der Waals surface area contributed by atoms with Crippen molar-refractivity contribution in [3.63, 3.8) is 0 Å². The Kier molecular flexibility index (Phi) is 2.53. The molecule has 0 aliphatic heterocycles. The molecular weight excluding hydrogens is 216 g/mol. The van der Waals surface area contributed by atoms with E-state index in [0.717, 1.165) is 30.5 Å². The van der Waals surface area contributed by atoms with Crippen molar-refractivity contribution in [3.05, 3.63) is 17.5 Å². The first-order valence-electron chi connectivity index (χ1n) is 4.78. The summed E-state index contributed by atoms with van der Waals surface area (Å²) in [6.45, 7) is 0. The van der Waals surface area contributed by atoms with E-state index in [-0.39, 0.29) is 6.04 Å². The van der Waals surface area contributed by atoms with E-state index in [4.69, 9.17) is 5.14 Å². The third-order valence-corrected chi connectivity index (χ3v) is 3.30. The second kappa shape index (κ2) is 3.58. The molecule has 0 fully saturated rings. The third-order valence-electron chi connectivity index (χ3n) is 2.68. The van der Waals surface area contributed by atoms with Crippen LogP contribution in [0.3, 0.4) is 0 Å². The summed E-state index contributed by atoms with van der Waals surface area (Å²) in [5.41, 5.74) is 2.03. The van der Waals surface area contributed by atoms with Gasteiger partial charge in [-0.2, -0.15) is 18.2 Å². The summed E-state index contributed by atoms with van der Waals surface area (Å²) >= 11 is 0. The predicted molar refractivity (Wildman–Crippen MR) is 55.1 cm³/mol. The Bertz CT molecular complexity index is 465. The number of nitrogens with zero attached hydrogens (tertiary/aromatic N) is 2. The van der Waals surface area contributed by atoms with E-state index in [1.54, 1.807) is 10.9 Å². The molecule has 0 bridgehead atoms. The van der Waals surface area contributed by atoms with Crippen LogP contribution >= 0.6 is 0 Å². The van der Waals surface area contributed by atoms with Crippen molar-refractivity contribution in [1.29, 1.82) is 0 Å². The van der Waals surface area contributed by atoms with Gasteiger partial charge in [0, 0.05) is 18.3 Å². The Morgan fingerprint density at radius 2 is 2.40 bits per heavy atom. The Balaban J connectivity index is 2.30. The van der Waals surface area contributed by atoms with Crippen molar-refractivity contribution in [1.82, 2.24) is 14.5 Å². The second-order valence-corrected chi connectivity index (χ2v) is 5.10. The molecule has 3 N–H and O–H groups in total. The molecule has 1 heterocycles. The number of aryl methyl sites for hydroxylation is 1. The lowest BCUT2D eigenvalue weighted by Gasteiger charge is -2.22. The van der Waals surface area contributed by atoms with Crippen molar-refractivity contribution in [2.75, 3.05) is 0 Å². The van der Waals surface area contributed by atoms with E-state index >= 15 is 0 Å². The smallest absolute Gasteiger partial charge is 0.272 e. The number of hydrogen-bond donors (Lipinski definition) is 2. The summed E-state index contributed by atoms with van der Waals surface area (Å²) in [7, 11) is -1.78. The first-order chi connectivity index (χ1) is 6.97. The standard InChI is InChI=1S/C8H14N4O2S/c1-12-8-4-2-3-7(6(8)5-10-12)11-15(9,13)14/h5,7,11H,2-4H2,1H3,(H2,9,13,14). The molecule has 15 heavy (non-hydrogen) atoms. The summed E-state index contributed by atoms with van der Waals surface area (Å²) in [4.78, 5) is 0. The van der Waals surface area contributed by atoms with Crippen molar-refractivity contribution in [2.24, 2.45) is 12.2 Å². The minimum absolute atomic E-state index is 0.225. The molecule has 0 amide bonds. The molecule has 1 aliphatic carbocycles. The van der Waals surface area contributed by atoms with Gasteiger partial charge in [-0.15, -0.1) is 0 Å². The molecular formula is C8H14N4O2S. The van der Waals surface area contributed by atoms with Crippen LogP contribution in [0.15, 0.2) is 6.20 Å². The van der Waals surface area contributed by atoms with Crippen LogP contribution in [-0.2, 0) is 23.7 Å². The number of hydrogen-bond acceptors (Lipinski definition) is 3. The van der Waals surface area contributed by atoms with Crippen molar-refractivity contribution >= 4 is 10.2 Å². The van der Waals surface area contributed by atoms with Crippen LogP contribution in [-0.4, -0.2) is 18.2 Å². The minimum Gasteiger partial charge on any atom is -0.272 e. The monoisotopic (exact) mass is 230 g/mol. The number of rotatable bonds is 2. The largest absolute Gasteiger partial charge is 0.274 e. The number of nitrogens with two attached hydrogens (primary N) is 1. The zero-order valence-corrected chi connectivity index (χ0v) is 9.29. The molecule has 1 aromatic heterocycles. The first-order valence-corrected chi connectivity index (χ1v) is 6.33. The lowest BCUT2D eigenvalue weighted by atomic mass is 9.94. The highest BCUT2D eigenvalue weighted by Crippen LogP contribution is 2.29. The normalized spacial score (nSPS) is 21.3. The Hall–Kier alpha value is -0.920. The molecule has 1 aromatic rings. The van der Waals surface area contributed by atoms with Crippen LogP contribution in [0.5, 0.6) is 0 Å². The highest BCUT2D eigenvalue weighted by Gasteiger charge is 2.25. The second-order valence-electron chi connectivity index (χ2n) is 3.78. The molecule has 7 heteroatoms. The maximum atomic E-state index is 11.0. The molecule has 0 saturated carbocycles. The fourth-order valence-electron chi connectivity index (χ4n) is 2.03. The van der Waals surface area contributed by atoms with Gasteiger partial charge in [0.2, 0.25) is 0 Å². The molecule has 84 valence electrons. The van der Waals surface area contributed by atoms with Gasteiger partial charge in [0.05, 0.1) is 12.2 Å². The predicted octanol–water partition coefficient (Wildman–Crippen LogP) is -0.409. The summed E-state index contributed by atoms with van der Waals surface area (Å²) in [6.07, 6.45) is 4.36. The third kappa shape index (κ3) is 2.19. The van der Waals surface area contributed by atoms with E-state index in [9.17, 15) is 8.42 Å². The summed E-state index contributed by atoms with van der Waals surface area (Å²) in [5, 5.41) is 9.08. The maximum absolute atomic E-state index is 11.0. The lowest BCUT2D eigenvalue weighted by molar-refractivity contribution is 0.498. The van der Waals surface area contributed by atoms with E-state index in [1.807, 2.05) is 7.05 Å². The van der Waals surface area contributed by atoms with Gasteiger partial charge in [-0.25, -0.2) is 5.14 Å². The molecule has 0 spiro atoms. The van der Waals surface area contributed by atoms with Crippen LogP contribution < -0.4 is 9.86 Å². The molecule has 0 radical (unpaired) electrons. The van der Waals surface area contributed by atoms with E-state index in [1.165, 1.54) is 0 Å². The van der Waals surface area contributed by atoms with E-state index in [2.05, 4.69) is 9.82 Å². The average molecular weight is 230 g/mol. The van der Waals surface area contributed by atoms with Crippen molar-refractivity contribution in [3.8, 4) is 0 Å². The molecule has 2 rings (SSSR count). The summed E-state index contributed by atoms with van der Waals surface area (Å²) in [5.74, 6) is 0. The lowest BCUT2D eigenvalue weighted by Crippen LogP contribution is -2.35. The molecule has 0 saturated heterocycles. The van der Waals surface area contributed by atoms with Crippen LogP contribution in [0, 0.1) is 0 Å². The summed E-state index contributed by atoms with van der Waals surface area (Å²) < 4.78 is 26.1. The number of fused-ring (bicyclic) bond motifs is 1. The van der Waals surface area contributed by atoms with Crippen LogP contribution in [0.1, 0.15) is 30.1 Å².